The molecule has 1 fully saturated rings. The van der Waals surface area contributed by atoms with Crippen LogP contribution in [0.5, 0.6) is 0 Å². The molecule has 10 heteroatoms. The Kier molecular flexibility index (Phi) is 4.32. The summed E-state index contributed by atoms with van der Waals surface area (Å²) in [5.41, 5.74) is 3.77. The number of imide groups is 1. The Hall–Kier alpha value is -3.59. The molecule has 6 rings (SSSR count). The summed E-state index contributed by atoms with van der Waals surface area (Å²) in [5.74, 6) is -0.0774. The number of fused-ring (bicyclic) bond motifs is 2. The van der Waals surface area contributed by atoms with Crippen molar-refractivity contribution in [3.05, 3.63) is 64.5 Å². The maximum atomic E-state index is 13.2. The molecule has 2 atom stereocenters. The summed E-state index contributed by atoms with van der Waals surface area (Å²) in [7, 11) is 0. The highest BCUT2D eigenvalue weighted by Crippen LogP contribution is 2.35. The van der Waals surface area contributed by atoms with Gasteiger partial charge in [0.05, 0.1) is 5.69 Å². The molecule has 0 spiro atoms. The van der Waals surface area contributed by atoms with E-state index in [0.29, 0.717) is 22.1 Å². The minimum absolute atomic E-state index is 0.0648. The van der Waals surface area contributed by atoms with Crippen LogP contribution in [0.2, 0.25) is 5.02 Å². The van der Waals surface area contributed by atoms with Crippen LogP contribution < -0.4 is 4.90 Å². The molecule has 1 aromatic heterocycles. The molecular formula is C22H17ClN6O3. The van der Waals surface area contributed by atoms with Gasteiger partial charge in [0.2, 0.25) is 11.7 Å². The summed E-state index contributed by atoms with van der Waals surface area (Å²) in [5, 5.41) is 14.1. The molecule has 3 aromatic rings. The molecule has 0 N–H and O–H groups in total. The Morgan fingerprint density at radius 3 is 2.81 bits per heavy atom. The van der Waals surface area contributed by atoms with E-state index in [4.69, 9.17) is 16.1 Å². The fourth-order valence-electron chi connectivity index (χ4n) is 4.51. The first-order valence-corrected chi connectivity index (χ1v) is 10.7. The van der Waals surface area contributed by atoms with E-state index in [9.17, 15) is 9.59 Å². The second kappa shape index (κ2) is 7.23. The van der Waals surface area contributed by atoms with Crippen molar-refractivity contribution in [3.8, 4) is 11.4 Å². The third-order valence-electron chi connectivity index (χ3n) is 6.05. The summed E-state index contributed by atoms with van der Waals surface area (Å²) >= 11 is 6.03. The largest absolute Gasteiger partial charge is 0.337 e. The Labute approximate surface area is 187 Å². The van der Waals surface area contributed by atoms with E-state index in [1.54, 1.807) is 18.2 Å². The van der Waals surface area contributed by atoms with Crippen LogP contribution >= 0.6 is 11.6 Å². The molecule has 0 saturated carbocycles. The van der Waals surface area contributed by atoms with Gasteiger partial charge >= 0.3 is 0 Å². The normalized spacial score (nSPS) is 21.5. The molecule has 9 nitrogen and oxygen atoms in total. The van der Waals surface area contributed by atoms with E-state index in [-0.39, 0.29) is 24.2 Å². The summed E-state index contributed by atoms with van der Waals surface area (Å²) < 4.78 is 5.34. The van der Waals surface area contributed by atoms with Crippen LogP contribution in [0.15, 0.2) is 57.3 Å². The molecule has 0 bridgehead atoms. The highest BCUT2D eigenvalue weighted by atomic mass is 35.5. The van der Waals surface area contributed by atoms with Crippen LogP contribution in [0.3, 0.4) is 0 Å². The van der Waals surface area contributed by atoms with Crippen LogP contribution in [0, 0.1) is 0 Å². The summed E-state index contributed by atoms with van der Waals surface area (Å²) in [6.45, 7) is 0.0648. The molecule has 32 heavy (non-hydrogen) atoms. The number of benzene rings is 2. The van der Waals surface area contributed by atoms with E-state index >= 15 is 0 Å². The zero-order valence-electron chi connectivity index (χ0n) is 16.8. The van der Waals surface area contributed by atoms with E-state index in [0.717, 1.165) is 19.3 Å². The summed E-state index contributed by atoms with van der Waals surface area (Å²) in [6.07, 6.45) is 3.09. The zero-order valence-corrected chi connectivity index (χ0v) is 17.6. The van der Waals surface area contributed by atoms with Crippen LogP contribution in [0.25, 0.3) is 11.4 Å². The van der Waals surface area contributed by atoms with Gasteiger partial charge in [-0.2, -0.15) is 10.1 Å². The van der Waals surface area contributed by atoms with Gasteiger partial charge in [-0.1, -0.05) is 40.2 Å². The van der Waals surface area contributed by atoms with Gasteiger partial charge in [0, 0.05) is 10.6 Å². The maximum Gasteiger partial charge on any atom is 0.263 e. The number of hydrogen-bond acceptors (Lipinski definition) is 8. The average Bonchev–Trinajstić information content (AvgIpc) is 3.56. The third-order valence-corrected chi connectivity index (χ3v) is 6.28. The number of rotatable bonds is 4. The SMILES string of the molecule is O=C1[C@H]2N=NN(Cc3nc(-c4cccc(Cl)c4)no3)[C@H]2C(=O)N1c1ccc2c(c1)CCC2. The Morgan fingerprint density at radius 2 is 1.94 bits per heavy atom. The van der Waals surface area contributed by atoms with Gasteiger partial charge in [-0.25, -0.2) is 4.90 Å². The molecular weight excluding hydrogens is 432 g/mol. The van der Waals surface area contributed by atoms with Gasteiger partial charge in [0.15, 0.2) is 12.1 Å². The van der Waals surface area contributed by atoms with E-state index in [2.05, 4.69) is 20.5 Å². The molecule has 2 amide bonds. The second-order valence-electron chi connectivity index (χ2n) is 8.03. The lowest BCUT2D eigenvalue weighted by molar-refractivity contribution is -0.123. The molecule has 160 valence electrons. The molecule has 3 heterocycles. The van der Waals surface area contributed by atoms with Gasteiger partial charge in [-0.05, 0) is 54.7 Å². The van der Waals surface area contributed by atoms with E-state index < -0.39 is 12.1 Å². The number of carbonyl (C=O) groups is 2. The summed E-state index contributed by atoms with van der Waals surface area (Å²) in [6, 6.07) is 11.2. The van der Waals surface area contributed by atoms with Crippen LogP contribution in [-0.4, -0.2) is 39.0 Å². The van der Waals surface area contributed by atoms with Crippen molar-refractivity contribution >= 4 is 29.1 Å². The monoisotopic (exact) mass is 448 g/mol. The fourth-order valence-corrected chi connectivity index (χ4v) is 4.70. The Balaban J connectivity index is 1.23. The molecule has 3 aliphatic rings. The van der Waals surface area contributed by atoms with Gasteiger partial charge in [0.1, 0.15) is 6.54 Å². The highest BCUT2D eigenvalue weighted by molar-refractivity contribution is 6.30. The molecule has 2 aromatic carbocycles. The first-order valence-electron chi connectivity index (χ1n) is 10.3. The van der Waals surface area contributed by atoms with Crippen molar-refractivity contribution in [2.24, 2.45) is 10.3 Å². The maximum absolute atomic E-state index is 13.2. The van der Waals surface area contributed by atoms with Gasteiger partial charge in [0.25, 0.3) is 11.8 Å². The van der Waals surface area contributed by atoms with Crippen molar-refractivity contribution in [2.45, 2.75) is 37.9 Å². The topological polar surface area (TPSA) is 104 Å². The minimum atomic E-state index is -0.869. The molecule has 2 aliphatic heterocycles. The first-order chi connectivity index (χ1) is 15.6. The third kappa shape index (κ3) is 3.00. The van der Waals surface area contributed by atoms with E-state index in [1.807, 2.05) is 24.3 Å². The van der Waals surface area contributed by atoms with Crippen molar-refractivity contribution < 1.29 is 14.1 Å². The van der Waals surface area contributed by atoms with Crippen molar-refractivity contribution in [1.82, 2.24) is 15.1 Å². The number of carbonyl (C=O) groups excluding carboxylic acids is 2. The van der Waals surface area contributed by atoms with Crippen molar-refractivity contribution in [3.63, 3.8) is 0 Å². The lowest BCUT2D eigenvalue weighted by atomic mass is 10.1. The molecule has 0 radical (unpaired) electrons. The average molecular weight is 449 g/mol. The quantitative estimate of drug-likeness (QED) is 0.567. The Bertz CT molecular complexity index is 1290. The smallest absolute Gasteiger partial charge is 0.263 e. The predicted molar refractivity (Wildman–Crippen MR) is 114 cm³/mol. The Morgan fingerprint density at radius 1 is 1.06 bits per heavy atom. The number of aryl methyl sites for hydroxylation is 2. The lowest BCUT2D eigenvalue weighted by Gasteiger charge is -2.19. The predicted octanol–water partition coefficient (Wildman–Crippen LogP) is 3.37. The number of anilines is 1. The molecule has 1 saturated heterocycles. The minimum Gasteiger partial charge on any atom is -0.337 e. The van der Waals surface area contributed by atoms with Gasteiger partial charge in [-0.3, -0.25) is 14.6 Å². The highest BCUT2D eigenvalue weighted by Gasteiger charge is 2.55. The zero-order chi connectivity index (χ0) is 21.8. The fraction of sp³-hybridized carbons (Fsp3) is 0.273. The molecule has 1 aliphatic carbocycles. The first kappa shape index (κ1) is 19.1. The standard InChI is InChI=1S/C22H17ClN6O3/c23-15-6-2-5-14(9-15)20-24-17(32-26-20)11-28-19-18(25-27-28)21(30)29(22(19)31)16-8-7-12-3-1-4-13(12)10-16/h2,5-10,18-19H,1,3-4,11H2/t18-,19+/m0/s1. The van der Waals surface area contributed by atoms with E-state index in [1.165, 1.54) is 21.0 Å². The number of hydrogen-bond donors (Lipinski definition) is 0. The second-order valence-corrected chi connectivity index (χ2v) is 8.47. The summed E-state index contributed by atoms with van der Waals surface area (Å²) in [4.78, 5) is 31.8. The lowest BCUT2D eigenvalue weighted by Crippen LogP contribution is -2.39. The van der Waals surface area contributed by atoms with Crippen LogP contribution in [-0.2, 0) is 29.0 Å². The van der Waals surface area contributed by atoms with Gasteiger partial charge < -0.3 is 4.52 Å². The van der Waals surface area contributed by atoms with Crippen molar-refractivity contribution in [1.29, 1.82) is 0 Å². The number of amides is 2. The number of aromatic nitrogens is 2. The van der Waals surface area contributed by atoms with Crippen LogP contribution in [0.1, 0.15) is 23.4 Å². The number of nitrogens with zero attached hydrogens (tertiary/aromatic N) is 6. The van der Waals surface area contributed by atoms with Crippen molar-refractivity contribution in [2.75, 3.05) is 4.90 Å². The van der Waals surface area contributed by atoms with Gasteiger partial charge in [-0.15, -0.1) is 0 Å². The molecule has 0 unspecified atom stereocenters. The number of halogens is 1. The van der Waals surface area contributed by atoms with Crippen LogP contribution in [0.4, 0.5) is 5.69 Å².